The standard InChI is InChI=1S/C15H13ClFNO2/c16-13-6-5-12(17)8-14(13)18-9-11-3-1-10(2-4-11)7-15(19)20/h1-6,8,18H,7,9H2,(H,19,20). The first-order chi connectivity index (χ1) is 9.54. The average molecular weight is 294 g/mol. The smallest absolute Gasteiger partial charge is 0.307 e. The lowest BCUT2D eigenvalue weighted by atomic mass is 10.1. The number of carbonyl (C=O) groups is 1. The van der Waals surface area contributed by atoms with Crippen molar-refractivity contribution in [3.63, 3.8) is 0 Å². The van der Waals surface area contributed by atoms with Gasteiger partial charge >= 0.3 is 5.97 Å². The summed E-state index contributed by atoms with van der Waals surface area (Å²) in [5.74, 6) is -1.21. The van der Waals surface area contributed by atoms with E-state index in [-0.39, 0.29) is 12.2 Å². The van der Waals surface area contributed by atoms with Crippen LogP contribution >= 0.6 is 11.6 Å². The molecule has 0 bridgehead atoms. The van der Waals surface area contributed by atoms with Crippen molar-refractivity contribution in [2.45, 2.75) is 13.0 Å². The quantitative estimate of drug-likeness (QED) is 0.883. The van der Waals surface area contributed by atoms with E-state index in [1.54, 1.807) is 12.1 Å². The highest BCUT2D eigenvalue weighted by Crippen LogP contribution is 2.23. The summed E-state index contributed by atoms with van der Waals surface area (Å²) >= 11 is 5.95. The molecule has 2 rings (SSSR count). The number of carboxylic acids is 1. The highest BCUT2D eigenvalue weighted by molar-refractivity contribution is 6.33. The highest BCUT2D eigenvalue weighted by Gasteiger charge is 2.03. The molecule has 0 saturated carbocycles. The molecule has 2 N–H and O–H groups in total. The summed E-state index contributed by atoms with van der Waals surface area (Å²) in [7, 11) is 0. The Kier molecular flexibility index (Phi) is 4.58. The Hall–Kier alpha value is -2.07. The normalized spacial score (nSPS) is 10.3. The Labute approximate surface area is 121 Å². The number of aliphatic carboxylic acids is 1. The fourth-order valence-corrected chi connectivity index (χ4v) is 1.96. The first kappa shape index (κ1) is 14.3. The minimum Gasteiger partial charge on any atom is -0.481 e. The van der Waals surface area contributed by atoms with E-state index in [1.165, 1.54) is 18.2 Å². The van der Waals surface area contributed by atoms with E-state index in [0.717, 1.165) is 11.1 Å². The lowest BCUT2D eigenvalue weighted by Gasteiger charge is -2.09. The van der Waals surface area contributed by atoms with Gasteiger partial charge in [0.1, 0.15) is 5.82 Å². The number of halogens is 2. The van der Waals surface area contributed by atoms with Crippen molar-refractivity contribution in [2.24, 2.45) is 0 Å². The Bertz CT molecular complexity index is 614. The topological polar surface area (TPSA) is 49.3 Å². The van der Waals surface area contributed by atoms with Crippen LogP contribution in [0.15, 0.2) is 42.5 Å². The van der Waals surface area contributed by atoms with Crippen LogP contribution in [0, 0.1) is 5.82 Å². The van der Waals surface area contributed by atoms with Crippen LogP contribution < -0.4 is 5.32 Å². The van der Waals surface area contributed by atoms with Gasteiger partial charge in [-0.15, -0.1) is 0 Å². The van der Waals surface area contributed by atoms with E-state index in [0.29, 0.717) is 17.3 Å². The Morgan fingerprint density at radius 3 is 2.45 bits per heavy atom. The van der Waals surface area contributed by atoms with Crippen molar-refractivity contribution in [3.05, 3.63) is 64.4 Å². The van der Waals surface area contributed by atoms with Crippen molar-refractivity contribution >= 4 is 23.3 Å². The lowest BCUT2D eigenvalue weighted by molar-refractivity contribution is -0.136. The number of benzene rings is 2. The van der Waals surface area contributed by atoms with Gasteiger partial charge in [0, 0.05) is 6.54 Å². The first-order valence-corrected chi connectivity index (χ1v) is 6.41. The lowest BCUT2D eigenvalue weighted by Crippen LogP contribution is -2.02. The molecule has 0 aliphatic rings. The molecule has 20 heavy (non-hydrogen) atoms. The molecular formula is C15H13ClFNO2. The average Bonchev–Trinajstić information content (AvgIpc) is 2.41. The van der Waals surface area contributed by atoms with Crippen LogP contribution in [0.1, 0.15) is 11.1 Å². The summed E-state index contributed by atoms with van der Waals surface area (Å²) in [5.41, 5.74) is 2.23. The van der Waals surface area contributed by atoms with Gasteiger partial charge in [-0.3, -0.25) is 4.79 Å². The van der Waals surface area contributed by atoms with Crippen LogP contribution in [0.25, 0.3) is 0 Å². The van der Waals surface area contributed by atoms with E-state index in [9.17, 15) is 9.18 Å². The maximum atomic E-state index is 13.1. The third kappa shape index (κ3) is 3.96. The summed E-state index contributed by atoms with van der Waals surface area (Å²) in [6.07, 6.45) is 0.00341. The predicted molar refractivity (Wildman–Crippen MR) is 76.5 cm³/mol. The number of anilines is 1. The number of hydrogen-bond acceptors (Lipinski definition) is 2. The number of rotatable bonds is 5. The van der Waals surface area contributed by atoms with Crippen molar-refractivity contribution in [3.8, 4) is 0 Å². The summed E-state index contributed by atoms with van der Waals surface area (Å²) in [4.78, 5) is 10.6. The van der Waals surface area contributed by atoms with Gasteiger partial charge in [-0.05, 0) is 29.3 Å². The molecule has 0 aliphatic carbocycles. The third-order valence-electron chi connectivity index (χ3n) is 2.79. The Morgan fingerprint density at radius 2 is 1.80 bits per heavy atom. The van der Waals surface area contributed by atoms with Gasteiger partial charge in [0.2, 0.25) is 0 Å². The third-order valence-corrected chi connectivity index (χ3v) is 3.12. The summed E-state index contributed by atoms with van der Waals surface area (Å²) < 4.78 is 13.1. The van der Waals surface area contributed by atoms with Crippen LogP contribution in [0.5, 0.6) is 0 Å². The minimum absolute atomic E-state index is 0.00341. The Balaban J connectivity index is 2.00. The molecular weight excluding hydrogens is 281 g/mol. The zero-order chi connectivity index (χ0) is 14.5. The van der Waals surface area contributed by atoms with E-state index in [2.05, 4.69) is 5.32 Å². The number of hydrogen-bond donors (Lipinski definition) is 2. The molecule has 104 valence electrons. The molecule has 0 saturated heterocycles. The monoisotopic (exact) mass is 293 g/mol. The van der Waals surface area contributed by atoms with Gasteiger partial charge in [0.05, 0.1) is 17.1 Å². The fraction of sp³-hybridized carbons (Fsp3) is 0.133. The summed E-state index contributed by atoms with van der Waals surface area (Å²) in [5, 5.41) is 12.2. The molecule has 0 radical (unpaired) electrons. The zero-order valence-electron chi connectivity index (χ0n) is 10.6. The summed E-state index contributed by atoms with van der Waals surface area (Å²) in [6, 6.07) is 11.3. The Morgan fingerprint density at radius 1 is 1.15 bits per heavy atom. The van der Waals surface area contributed by atoms with E-state index in [4.69, 9.17) is 16.7 Å². The molecule has 3 nitrogen and oxygen atoms in total. The molecule has 2 aromatic carbocycles. The van der Waals surface area contributed by atoms with E-state index >= 15 is 0 Å². The van der Waals surface area contributed by atoms with Crippen LogP contribution in [0.3, 0.4) is 0 Å². The molecule has 5 heteroatoms. The minimum atomic E-state index is -0.859. The highest BCUT2D eigenvalue weighted by atomic mass is 35.5. The zero-order valence-corrected chi connectivity index (χ0v) is 11.3. The van der Waals surface area contributed by atoms with Gasteiger partial charge in [-0.25, -0.2) is 4.39 Å². The van der Waals surface area contributed by atoms with Crippen molar-refractivity contribution in [2.75, 3.05) is 5.32 Å². The molecule has 0 amide bonds. The molecule has 0 unspecified atom stereocenters. The van der Waals surface area contributed by atoms with Crippen molar-refractivity contribution in [1.82, 2.24) is 0 Å². The van der Waals surface area contributed by atoms with Gasteiger partial charge < -0.3 is 10.4 Å². The van der Waals surface area contributed by atoms with Gasteiger partial charge in [-0.2, -0.15) is 0 Å². The fourth-order valence-electron chi connectivity index (χ4n) is 1.78. The van der Waals surface area contributed by atoms with Gasteiger partial charge in [-0.1, -0.05) is 35.9 Å². The molecule has 0 atom stereocenters. The van der Waals surface area contributed by atoms with Crippen LogP contribution in [0.2, 0.25) is 5.02 Å². The van der Waals surface area contributed by atoms with Crippen LogP contribution in [-0.2, 0) is 17.8 Å². The SMILES string of the molecule is O=C(O)Cc1ccc(CNc2cc(F)ccc2Cl)cc1. The van der Waals surface area contributed by atoms with Gasteiger partial charge in [0.25, 0.3) is 0 Å². The van der Waals surface area contributed by atoms with Crippen LogP contribution in [-0.4, -0.2) is 11.1 Å². The largest absolute Gasteiger partial charge is 0.481 e. The second-order valence-corrected chi connectivity index (χ2v) is 4.77. The maximum absolute atomic E-state index is 13.1. The van der Waals surface area contributed by atoms with E-state index in [1.807, 2.05) is 12.1 Å². The molecule has 0 aliphatic heterocycles. The molecule has 0 heterocycles. The maximum Gasteiger partial charge on any atom is 0.307 e. The van der Waals surface area contributed by atoms with Gasteiger partial charge in [0.15, 0.2) is 0 Å². The summed E-state index contributed by atoms with van der Waals surface area (Å²) in [6.45, 7) is 0.483. The molecule has 2 aromatic rings. The number of carboxylic acid groups (broad SMARTS) is 1. The second kappa shape index (κ2) is 6.39. The van der Waals surface area contributed by atoms with Crippen molar-refractivity contribution in [1.29, 1.82) is 0 Å². The number of nitrogens with one attached hydrogen (secondary N) is 1. The van der Waals surface area contributed by atoms with Crippen LogP contribution in [0.4, 0.5) is 10.1 Å². The molecule has 0 fully saturated rings. The predicted octanol–water partition coefficient (Wildman–Crippen LogP) is 3.72. The first-order valence-electron chi connectivity index (χ1n) is 6.03. The van der Waals surface area contributed by atoms with Crippen molar-refractivity contribution < 1.29 is 14.3 Å². The molecule has 0 aromatic heterocycles. The second-order valence-electron chi connectivity index (χ2n) is 4.36. The molecule has 0 spiro atoms. The van der Waals surface area contributed by atoms with E-state index < -0.39 is 5.97 Å².